The highest BCUT2D eigenvalue weighted by Gasteiger charge is 2.23. The number of rotatable bonds is 4. The molecule has 2 aromatic carbocycles. The smallest absolute Gasteiger partial charge is 0.156 e. The van der Waals surface area contributed by atoms with Crippen LogP contribution in [0.25, 0.3) is 27.6 Å². The van der Waals surface area contributed by atoms with Gasteiger partial charge >= 0.3 is 0 Å². The van der Waals surface area contributed by atoms with Crippen LogP contribution in [0.5, 0.6) is 0 Å². The van der Waals surface area contributed by atoms with Crippen molar-refractivity contribution in [3.63, 3.8) is 0 Å². The molecule has 5 rings (SSSR count). The molecule has 0 bridgehead atoms. The molecule has 1 aliphatic rings. The summed E-state index contributed by atoms with van der Waals surface area (Å²) in [5, 5.41) is 10.5. The average Bonchev–Trinajstić information content (AvgIpc) is 3.21. The number of fused-ring (bicyclic) bond motifs is 2. The Bertz CT molecular complexity index is 1480. The van der Waals surface area contributed by atoms with Gasteiger partial charge in [-0.05, 0) is 25.1 Å². The highest BCUT2D eigenvalue weighted by atomic mass is 35.5. The molecule has 0 saturated carbocycles. The SMILES string of the molecule is CCc1nc2c(C(=N)N=C(C)N)cc(N3CCOCC3)cc2n1-c1c(Cl)cnc2c(Cl)cccc12. The second kappa shape index (κ2) is 9.45. The summed E-state index contributed by atoms with van der Waals surface area (Å²) in [6.45, 7) is 6.49. The zero-order chi connectivity index (χ0) is 24.7. The maximum Gasteiger partial charge on any atom is 0.156 e. The molecule has 1 aliphatic heterocycles. The Morgan fingerprint density at radius 3 is 2.66 bits per heavy atom. The summed E-state index contributed by atoms with van der Waals surface area (Å²) in [7, 11) is 0. The summed E-state index contributed by atoms with van der Waals surface area (Å²) in [5.41, 5.74) is 10.3. The fourth-order valence-electron chi connectivity index (χ4n) is 4.49. The lowest BCUT2D eigenvalue weighted by atomic mass is 10.1. The number of imidazole rings is 1. The molecule has 0 spiro atoms. The molecule has 8 nitrogen and oxygen atoms in total. The number of morpholine rings is 1. The summed E-state index contributed by atoms with van der Waals surface area (Å²) < 4.78 is 7.61. The second-order valence-corrected chi connectivity index (χ2v) is 9.18. The van der Waals surface area contributed by atoms with Crippen LogP contribution in [0.1, 0.15) is 25.2 Å². The van der Waals surface area contributed by atoms with E-state index >= 15 is 0 Å². The average molecular weight is 510 g/mol. The molecule has 35 heavy (non-hydrogen) atoms. The zero-order valence-corrected chi connectivity index (χ0v) is 21.0. The van der Waals surface area contributed by atoms with Gasteiger partial charge in [-0.3, -0.25) is 15.0 Å². The van der Waals surface area contributed by atoms with E-state index in [0.717, 1.165) is 41.2 Å². The monoisotopic (exact) mass is 509 g/mol. The molecule has 0 aliphatic carbocycles. The third-order valence-electron chi connectivity index (χ3n) is 6.05. The van der Waals surface area contributed by atoms with Gasteiger partial charge in [-0.1, -0.05) is 42.3 Å². The number of nitrogens with zero attached hydrogens (tertiary/aromatic N) is 5. The van der Waals surface area contributed by atoms with E-state index in [1.54, 1.807) is 13.1 Å². The fourth-order valence-corrected chi connectivity index (χ4v) is 4.95. The van der Waals surface area contributed by atoms with Crippen LogP contribution in [0.2, 0.25) is 10.0 Å². The lowest BCUT2D eigenvalue weighted by Gasteiger charge is -2.29. The van der Waals surface area contributed by atoms with Crippen LogP contribution in [0.3, 0.4) is 0 Å². The van der Waals surface area contributed by atoms with Crippen molar-refractivity contribution in [2.24, 2.45) is 10.7 Å². The summed E-state index contributed by atoms with van der Waals surface area (Å²) in [6, 6.07) is 9.70. The predicted molar refractivity (Wildman–Crippen MR) is 143 cm³/mol. The topological polar surface area (TPSA) is 105 Å². The molecule has 2 aromatic heterocycles. The van der Waals surface area contributed by atoms with Gasteiger partial charge in [-0.15, -0.1) is 0 Å². The number of nitrogens with two attached hydrogens (primary N) is 1. The Morgan fingerprint density at radius 1 is 1.17 bits per heavy atom. The van der Waals surface area contributed by atoms with Crippen LogP contribution in [0.4, 0.5) is 5.69 Å². The standard InChI is InChI=1S/C25H25Cl2N7O/c1-3-21-32-23-17(25(29)31-14(2)28)11-15(33-7-9-35-10-8-33)12-20(23)34(21)24-16-5-4-6-18(26)22(16)30-13-19(24)27/h4-6,11-13H,3,7-10H2,1-2H3,(H3,28,29,31). The van der Waals surface area contributed by atoms with E-state index in [1.807, 2.05) is 31.2 Å². The Labute approximate surface area is 212 Å². The first-order valence-corrected chi connectivity index (χ1v) is 12.2. The largest absolute Gasteiger partial charge is 0.387 e. The number of aryl methyl sites for hydroxylation is 1. The molecule has 1 fully saturated rings. The van der Waals surface area contributed by atoms with E-state index in [0.29, 0.717) is 52.1 Å². The van der Waals surface area contributed by atoms with Crippen LogP contribution in [-0.4, -0.2) is 52.5 Å². The zero-order valence-electron chi connectivity index (χ0n) is 19.5. The van der Waals surface area contributed by atoms with Crippen LogP contribution in [0, 0.1) is 5.41 Å². The number of benzene rings is 2. The first-order chi connectivity index (χ1) is 16.9. The van der Waals surface area contributed by atoms with Crippen molar-refractivity contribution >= 4 is 62.5 Å². The number of hydrogen-bond donors (Lipinski definition) is 2. The number of pyridine rings is 1. The number of anilines is 1. The van der Waals surface area contributed by atoms with Crippen LogP contribution >= 0.6 is 23.2 Å². The van der Waals surface area contributed by atoms with Crippen molar-refractivity contribution in [3.8, 4) is 5.69 Å². The first kappa shape index (κ1) is 23.5. The van der Waals surface area contributed by atoms with Gasteiger partial charge in [0.15, 0.2) is 5.84 Å². The minimum atomic E-state index is 0.0612. The van der Waals surface area contributed by atoms with E-state index in [-0.39, 0.29) is 5.84 Å². The van der Waals surface area contributed by atoms with Crippen molar-refractivity contribution in [2.75, 3.05) is 31.2 Å². The van der Waals surface area contributed by atoms with Gasteiger partial charge in [0, 0.05) is 42.3 Å². The molecule has 180 valence electrons. The quantitative estimate of drug-likeness (QED) is 0.298. The number of aromatic nitrogens is 3. The third-order valence-corrected chi connectivity index (χ3v) is 6.63. The lowest BCUT2D eigenvalue weighted by molar-refractivity contribution is 0.122. The van der Waals surface area contributed by atoms with Crippen molar-refractivity contribution in [1.29, 1.82) is 5.41 Å². The second-order valence-electron chi connectivity index (χ2n) is 8.37. The predicted octanol–water partition coefficient (Wildman–Crippen LogP) is 4.98. The Kier molecular flexibility index (Phi) is 6.35. The third kappa shape index (κ3) is 4.22. The van der Waals surface area contributed by atoms with Crippen LogP contribution in [0.15, 0.2) is 41.5 Å². The Balaban J connectivity index is 1.87. The number of ether oxygens (including phenoxy) is 1. The maximum atomic E-state index is 8.68. The van der Waals surface area contributed by atoms with Gasteiger partial charge in [0.05, 0.1) is 45.8 Å². The fraction of sp³-hybridized carbons (Fsp3) is 0.280. The van der Waals surface area contributed by atoms with E-state index in [4.69, 9.17) is 44.1 Å². The molecular weight excluding hydrogens is 485 g/mol. The molecule has 4 aromatic rings. The van der Waals surface area contributed by atoms with Gasteiger partial charge in [0.2, 0.25) is 0 Å². The summed E-state index contributed by atoms with van der Waals surface area (Å²) >= 11 is 13.2. The normalized spacial score (nSPS) is 14.7. The summed E-state index contributed by atoms with van der Waals surface area (Å²) in [6.07, 6.45) is 2.27. The van der Waals surface area contributed by atoms with E-state index in [2.05, 4.69) is 25.5 Å². The van der Waals surface area contributed by atoms with Crippen molar-refractivity contribution in [3.05, 3.63) is 58.0 Å². The van der Waals surface area contributed by atoms with Gasteiger partial charge in [0.25, 0.3) is 0 Å². The summed E-state index contributed by atoms with van der Waals surface area (Å²) in [5.74, 6) is 1.18. The molecular formula is C25H25Cl2N7O. The number of halogens is 2. The van der Waals surface area contributed by atoms with Gasteiger partial charge < -0.3 is 15.4 Å². The highest BCUT2D eigenvalue weighted by molar-refractivity contribution is 6.37. The van der Waals surface area contributed by atoms with Gasteiger partial charge in [-0.25, -0.2) is 9.98 Å². The van der Waals surface area contributed by atoms with Crippen LogP contribution < -0.4 is 10.6 Å². The molecule has 3 N–H and O–H groups in total. The van der Waals surface area contributed by atoms with Gasteiger partial charge in [-0.2, -0.15) is 0 Å². The minimum absolute atomic E-state index is 0.0612. The molecule has 0 radical (unpaired) electrons. The highest BCUT2D eigenvalue weighted by Crippen LogP contribution is 2.37. The molecule has 10 heteroatoms. The molecule has 0 unspecified atom stereocenters. The molecule has 0 amide bonds. The molecule has 1 saturated heterocycles. The molecule has 3 heterocycles. The van der Waals surface area contributed by atoms with Gasteiger partial charge in [0.1, 0.15) is 11.3 Å². The van der Waals surface area contributed by atoms with Crippen molar-refractivity contribution in [2.45, 2.75) is 20.3 Å². The van der Waals surface area contributed by atoms with E-state index < -0.39 is 0 Å². The number of nitrogens with one attached hydrogen (secondary N) is 1. The van der Waals surface area contributed by atoms with E-state index in [9.17, 15) is 0 Å². The molecule has 0 atom stereocenters. The number of para-hydroxylation sites is 1. The van der Waals surface area contributed by atoms with E-state index in [1.165, 1.54) is 0 Å². The summed E-state index contributed by atoms with van der Waals surface area (Å²) in [4.78, 5) is 15.9. The number of aliphatic imine (C=N–C) groups is 1. The number of amidine groups is 2. The van der Waals surface area contributed by atoms with Crippen molar-refractivity contribution < 1.29 is 4.74 Å². The van der Waals surface area contributed by atoms with Crippen molar-refractivity contribution in [1.82, 2.24) is 14.5 Å². The minimum Gasteiger partial charge on any atom is -0.387 e. The van der Waals surface area contributed by atoms with Crippen LogP contribution in [-0.2, 0) is 11.2 Å². The first-order valence-electron chi connectivity index (χ1n) is 11.4. The Morgan fingerprint density at radius 2 is 1.94 bits per heavy atom. The number of hydrogen-bond acceptors (Lipinski definition) is 5. The Hall–Kier alpha value is -3.20. The lowest BCUT2D eigenvalue weighted by Crippen LogP contribution is -2.36. The maximum absolute atomic E-state index is 8.68.